The maximum atomic E-state index is 13.3. The molecule has 6 heteroatoms. The summed E-state index contributed by atoms with van der Waals surface area (Å²) in [6.07, 6.45) is -0.383. The second-order valence-electron chi connectivity index (χ2n) is 3.75. The summed E-state index contributed by atoms with van der Waals surface area (Å²) in [6, 6.07) is 4.30. The highest BCUT2D eigenvalue weighted by Crippen LogP contribution is 2.14. The average molecular weight is 254 g/mol. The van der Waals surface area contributed by atoms with E-state index >= 15 is 0 Å². The van der Waals surface area contributed by atoms with E-state index in [4.69, 9.17) is 22.7 Å². The van der Waals surface area contributed by atoms with E-state index in [1.54, 1.807) is 6.07 Å². The second kappa shape index (κ2) is 4.67. The predicted molar refractivity (Wildman–Crippen MR) is 64.0 cm³/mol. The number of rotatable bonds is 3. The lowest BCUT2D eigenvalue weighted by Gasteiger charge is -2.13. The summed E-state index contributed by atoms with van der Waals surface area (Å²) in [5.74, 6) is -0.419. The predicted octanol–water partition coefficient (Wildman–Crippen LogP) is 1.41. The Morgan fingerprint density at radius 1 is 1.53 bits per heavy atom. The van der Waals surface area contributed by atoms with Gasteiger partial charge in [0.05, 0.1) is 6.54 Å². The third-order valence-corrected chi connectivity index (χ3v) is 2.70. The molecule has 1 aromatic carbocycles. The highest BCUT2D eigenvalue weighted by Gasteiger charge is 2.22. The van der Waals surface area contributed by atoms with Gasteiger partial charge in [-0.05, 0) is 23.8 Å². The van der Waals surface area contributed by atoms with Gasteiger partial charge in [-0.3, -0.25) is 0 Å². The lowest BCUT2D eigenvalue weighted by atomic mass is 10.1. The fourth-order valence-corrected chi connectivity index (χ4v) is 1.79. The Morgan fingerprint density at radius 3 is 2.88 bits per heavy atom. The first kappa shape index (κ1) is 11.8. The number of benzene rings is 1. The summed E-state index contributed by atoms with van der Waals surface area (Å²) in [5, 5.41) is 0. The van der Waals surface area contributed by atoms with Gasteiger partial charge in [-0.25, -0.2) is 9.18 Å². The first-order chi connectivity index (χ1) is 8.06. The van der Waals surface area contributed by atoms with E-state index in [0.717, 1.165) is 0 Å². The number of nitrogens with zero attached hydrogens (tertiary/aromatic N) is 1. The van der Waals surface area contributed by atoms with Crippen LogP contribution in [-0.4, -0.2) is 29.1 Å². The number of hydrogen-bond acceptors (Lipinski definition) is 3. The zero-order valence-electron chi connectivity index (χ0n) is 8.98. The topological polar surface area (TPSA) is 55.6 Å². The van der Waals surface area contributed by atoms with Crippen molar-refractivity contribution in [1.29, 1.82) is 0 Å². The molecule has 2 rings (SSSR count). The Kier molecular flexibility index (Phi) is 3.23. The molecule has 1 aliphatic rings. The van der Waals surface area contributed by atoms with Gasteiger partial charge in [0.25, 0.3) is 0 Å². The molecule has 0 saturated carbocycles. The third kappa shape index (κ3) is 2.71. The minimum atomic E-state index is -0.419. The van der Waals surface area contributed by atoms with Gasteiger partial charge in [0.1, 0.15) is 17.4 Å². The largest absolute Gasteiger partial charge is 0.448 e. The van der Waals surface area contributed by atoms with Crippen molar-refractivity contribution < 1.29 is 13.9 Å². The molecule has 4 nitrogen and oxygen atoms in total. The first-order valence-electron chi connectivity index (χ1n) is 5.07. The number of carbonyl (C=O) groups excluding carboxylic acids is 1. The molecule has 0 atom stereocenters. The van der Waals surface area contributed by atoms with Crippen LogP contribution in [0.2, 0.25) is 0 Å². The molecule has 17 heavy (non-hydrogen) atoms. The Balaban J connectivity index is 2.20. The van der Waals surface area contributed by atoms with Gasteiger partial charge < -0.3 is 15.4 Å². The van der Waals surface area contributed by atoms with Crippen molar-refractivity contribution in [3.63, 3.8) is 0 Å². The molecular weight excluding hydrogens is 243 g/mol. The van der Waals surface area contributed by atoms with Gasteiger partial charge in [0, 0.05) is 12.1 Å². The van der Waals surface area contributed by atoms with Crippen LogP contribution in [0.1, 0.15) is 11.1 Å². The molecule has 1 saturated heterocycles. The van der Waals surface area contributed by atoms with E-state index in [-0.39, 0.29) is 11.1 Å². The van der Waals surface area contributed by atoms with Crippen molar-refractivity contribution >= 4 is 23.3 Å². The minimum absolute atomic E-state index is 0.134. The lowest BCUT2D eigenvalue weighted by molar-refractivity contribution is 0.157. The van der Waals surface area contributed by atoms with E-state index < -0.39 is 5.82 Å². The second-order valence-corrected chi connectivity index (χ2v) is 4.19. The smallest absolute Gasteiger partial charge is 0.410 e. The molecule has 1 aromatic rings. The van der Waals surface area contributed by atoms with Crippen LogP contribution in [0.4, 0.5) is 9.18 Å². The van der Waals surface area contributed by atoms with Gasteiger partial charge in [-0.1, -0.05) is 12.2 Å². The number of hydrogen-bond donors (Lipinski definition) is 1. The lowest BCUT2D eigenvalue weighted by Crippen LogP contribution is -2.23. The summed E-state index contributed by atoms with van der Waals surface area (Å²) < 4.78 is 18.1. The monoisotopic (exact) mass is 254 g/mol. The van der Waals surface area contributed by atoms with Crippen molar-refractivity contribution in [2.45, 2.75) is 6.54 Å². The fraction of sp³-hybridized carbons (Fsp3) is 0.273. The number of nitrogens with two attached hydrogens (primary N) is 1. The zero-order chi connectivity index (χ0) is 12.4. The molecule has 1 heterocycles. The van der Waals surface area contributed by atoms with E-state index in [9.17, 15) is 9.18 Å². The van der Waals surface area contributed by atoms with Crippen molar-refractivity contribution in [1.82, 2.24) is 4.90 Å². The Hall–Kier alpha value is -1.69. The number of cyclic esters (lactones) is 1. The van der Waals surface area contributed by atoms with Crippen molar-refractivity contribution in [2.75, 3.05) is 13.2 Å². The molecule has 1 fully saturated rings. The normalized spacial score (nSPS) is 14.9. The van der Waals surface area contributed by atoms with E-state index in [1.807, 2.05) is 0 Å². The summed E-state index contributed by atoms with van der Waals surface area (Å²) in [5.41, 5.74) is 6.55. The van der Waals surface area contributed by atoms with Gasteiger partial charge in [-0.2, -0.15) is 0 Å². The van der Waals surface area contributed by atoms with Gasteiger partial charge in [0.2, 0.25) is 0 Å². The molecule has 0 spiro atoms. The van der Waals surface area contributed by atoms with Crippen LogP contribution < -0.4 is 5.73 Å². The molecule has 0 unspecified atom stereocenters. The zero-order valence-corrected chi connectivity index (χ0v) is 9.80. The SMILES string of the molecule is NC(=S)c1cc(F)cc(CN2CCOC2=O)c1. The van der Waals surface area contributed by atoms with Crippen molar-refractivity contribution in [2.24, 2.45) is 5.73 Å². The van der Waals surface area contributed by atoms with Crippen LogP contribution in [0, 0.1) is 5.82 Å². The van der Waals surface area contributed by atoms with Crippen LogP contribution in [-0.2, 0) is 11.3 Å². The van der Waals surface area contributed by atoms with E-state index in [0.29, 0.717) is 30.8 Å². The van der Waals surface area contributed by atoms with Crippen molar-refractivity contribution in [3.05, 3.63) is 35.1 Å². The minimum Gasteiger partial charge on any atom is -0.448 e. The first-order valence-corrected chi connectivity index (χ1v) is 5.48. The average Bonchev–Trinajstić information content (AvgIpc) is 2.63. The fourth-order valence-electron chi connectivity index (χ4n) is 1.67. The van der Waals surface area contributed by atoms with Crippen LogP contribution in [0.3, 0.4) is 0 Å². The summed E-state index contributed by atoms with van der Waals surface area (Å²) in [6.45, 7) is 1.18. The Labute approximate surface area is 103 Å². The standard InChI is InChI=1S/C11H11FN2O2S/c12-9-4-7(3-8(5-9)10(13)17)6-14-1-2-16-11(14)15/h3-5H,1-2,6H2,(H2,13,17). The molecule has 0 aliphatic carbocycles. The summed E-state index contributed by atoms with van der Waals surface area (Å²) in [7, 11) is 0. The Bertz CT molecular complexity index is 479. The molecular formula is C11H11FN2O2S. The molecule has 0 radical (unpaired) electrons. The maximum Gasteiger partial charge on any atom is 0.410 e. The summed E-state index contributed by atoms with van der Waals surface area (Å²) in [4.78, 5) is 12.9. The quantitative estimate of drug-likeness (QED) is 0.829. The number of ether oxygens (including phenoxy) is 1. The third-order valence-electron chi connectivity index (χ3n) is 2.46. The van der Waals surface area contributed by atoms with Crippen LogP contribution in [0.25, 0.3) is 0 Å². The number of thiocarbonyl (C=S) groups is 1. The van der Waals surface area contributed by atoms with Crippen LogP contribution in [0.5, 0.6) is 0 Å². The van der Waals surface area contributed by atoms with Crippen LogP contribution in [0.15, 0.2) is 18.2 Å². The number of amides is 1. The van der Waals surface area contributed by atoms with Crippen molar-refractivity contribution in [3.8, 4) is 0 Å². The van der Waals surface area contributed by atoms with E-state index in [2.05, 4.69) is 0 Å². The number of halogens is 1. The van der Waals surface area contributed by atoms with Gasteiger partial charge in [0.15, 0.2) is 0 Å². The van der Waals surface area contributed by atoms with Gasteiger partial charge in [-0.15, -0.1) is 0 Å². The highest BCUT2D eigenvalue weighted by molar-refractivity contribution is 7.80. The molecule has 90 valence electrons. The van der Waals surface area contributed by atoms with E-state index in [1.165, 1.54) is 17.0 Å². The Morgan fingerprint density at radius 2 is 2.29 bits per heavy atom. The maximum absolute atomic E-state index is 13.3. The summed E-state index contributed by atoms with van der Waals surface area (Å²) >= 11 is 4.79. The molecule has 2 N–H and O–H groups in total. The molecule has 0 aromatic heterocycles. The molecule has 0 bridgehead atoms. The highest BCUT2D eigenvalue weighted by atomic mass is 32.1. The number of carbonyl (C=O) groups is 1. The van der Waals surface area contributed by atoms with Gasteiger partial charge >= 0.3 is 6.09 Å². The van der Waals surface area contributed by atoms with Crippen LogP contribution >= 0.6 is 12.2 Å². The molecule has 1 amide bonds. The molecule has 1 aliphatic heterocycles.